The number of aromatic hydroxyl groups is 1. The van der Waals surface area contributed by atoms with E-state index in [9.17, 15) is 14.7 Å². The number of ketones is 1. The molecule has 3 aromatic rings. The molecule has 0 aliphatic rings. The van der Waals surface area contributed by atoms with E-state index in [1.165, 1.54) is 6.21 Å². The van der Waals surface area contributed by atoms with Crippen LogP contribution in [0.2, 0.25) is 0 Å². The molecule has 26 heavy (non-hydrogen) atoms. The van der Waals surface area contributed by atoms with Gasteiger partial charge in [0, 0.05) is 25.3 Å². The first-order valence-electron chi connectivity index (χ1n) is 8.01. The molecule has 0 spiro atoms. The SMILES string of the molecule is COCCC(=O)c1ccc(N=Cc2c(O)c3ccccc3oc2=O)cc1. The van der Waals surface area contributed by atoms with Gasteiger partial charge in [0.05, 0.1) is 17.7 Å². The molecule has 0 amide bonds. The lowest BCUT2D eigenvalue weighted by atomic mass is 10.1. The van der Waals surface area contributed by atoms with Gasteiger partial charge in [-0.25, -0.2) is 4.79 Å². The highest BCUT2D eigenvalue weighted by Gasteiger charge is 2.11. The molecule has 6 nitrogen and oxygen atoms in total. The molecule has 0 saturated carbocycles. The highest BCUT2D eigenvalue weighted by molar-refractivity contribution is 5.97. The lowest BCUT2D eigenvalue weighted by Crippen LogP contribution is -2.06. The van der Waals surface area contributed by atoms with Crippen molar-refractivity contribution in [3.05, 3.63) is 70.1 Å². The van der Waals surface area contributed by atoms with Crippen LogP contribution >= 0.6 is 0 Å². The first-order valence-corrected chi connectivity index (χ1v) is 8.01. The Bertz CT molecular complexity index is 1020. The average Bonchev–Trinajstić information content (AvgIpc) is 2.66. The molecule has 1 aromatic heterocycles. The van der Waals surface area contributed by atoms with E-state index in [0.717, 1.165) is 0 Å². The number of carbonyl (C=O) groups excluding carboxylic acids is 1. The molecule has 0 unspecified atom stereocenters. The highest BCUT2D eigenvalue weighted by atomic mass is 16.5. The second-order valence-electron chi connectivity index (χ2n) is 5.62. The largest absolute Gasteiger partial charge is 0.506 e. The Kier molecular flexibility index (Phi) is 5.24. The van der Waals surface area contributed by atoms with Crippen LogP contribution in [-0.4, -0.2) is 30.8 Å². The fourth-order valence-corrected chi connectivity index (χ4v) is 2.47. The maximum absolute atomic E-state index is 12.0. The lowest BCUT2D eigenvalue weighted by molar-refractivity contribution is 0.0932. The van der Waals surface area contributed by atoms with Gasteiger partial charge in [0.1, 0.15) is 16.9 Å². The second-order valence-corrected chi connectivity index (χ2v) is 5.62. The van der Waals surface area contributed by atoms with Crippen LogP contribution in [0.3, 0.4) is 0 Å². The number of ether oxygens (including phenoxy) is 1. The molecule has 0 bridgehead atoms. The van der Waals surface area contributed by atoms with E-state index in [1.807, 2.05) is 0 Å². The quantitative estimate of drug-likeness (QED) is 0.417. The predicted molar refractivity (Wildman–Crippen MR) is 98.7 cm³/mol. The molecule has 0 fully saturated rings. The van der Waals surface area contributed by atoms with E-state index in [4.69, 9.17) is 9.15 Å². The Morgan fingerprint density at radius 2 is 1.92 bits per heavy atom. The topological polar surface area (TPSA) is 89.1 Å². The molecule has 132 valence electrons. The molecule has 0 aliphatic heterocycles. The number of carbonyl (C=O) groups is 1. The van der Waals surface area contributed by atoms with E-state index in [1.54, 1.807) is 55.6 Å². The minimum absolute atomic E-state index is 0.0183. The molecule has 3 rings (SSSR count). The van der Waals surface area contributed by atoms with Crippen molar-refractivity contribution in [3.63, 3.8) is 0 Å². The Morgan fingerprint density at radius 3 is 2.65 bits per heavy atom. The number of aliphatic imine (C=N–C) groups is 1. The van der Waals surface area contributed by atoms with Gasteiger partial charge in [-0.3, -0.25) is 9.79 Å². The zero-order valence-corrected chi connectivity index (χ0v) is 14.1. The lowest BCUT2D eigenvalue weighted by Gasteiger charge is -2.03. The Balaban J connectivity index is 1.85. The first-order chi connectivity index (χ1) is 12.6. The number of methoxy groups -OCH3 is 1. The van der Waals surface area contributed by atoms with Gasteiger partial charge in [0.15, 0.2) is 5.78 Å². The van der Waals surface area contributed by atoms with Gasteiger partial charge in [0.2, 0.25) is 0 Å². The van der Waals surface area contributed by atoms with Crippen molar-refractivity contribution in [3.8, 4) is 5.75 Å². The molecular weight excluding hydrogens is 334 g/mol. The van der Waals surface area contributed by atoms with Crippen LogP contribution in [-0.2, 0) is 4.74 Å². The van der Waals surface area contributed by atoms with E-state index < -0.39 is 5.63 Å². The summed E-state index contributed by atoms with van der Waals surface area (Å²) in [5.41, 5.74) is 0.723. The van der Waals surface area contributed by atoms with E-state index in [-0.39, 0.29) is 17.1 Å². The van der Waals surface area contributed by atoms with Crippen molar-refractivity contribution >= 4 is 28.7 Å². The number of fused-ring (bicyclic) bond motifs is 1. The van der Waals surface area contributed by atoms with Crippen molar-refractivity contribution in [2.45, 2.75) is 6.42 Å². The fraction of sp³-hybridized carbons (Fsp3) is 0.150. The van der Waals surface area contributed by atoms with Crippen LogP contribution in [0.1, 0.15) is 22.3 Å². The van der Waals surface area contributed by atoms with Crippen LogP contribution in [0.4, 0.5) is 5.69 Å². The Labute approximate surface area is 149 Å². The smallest absolute Gasteiger partial charge is 0.348 e. The van der Waals surface area contributed by atoms with Crippen molar-refractivity contribution < 1.29 is 19.1 Å². The summed E-state index contributed by atoms with van der Waals surface area (Å²) in [5, 5.41) is 10.7. The third-order valence-electron chi connectivity index (χ3n) is 3.89. The Morgan fingerprint density at radius 1 is 1.19 bits per heavy atom. The Hall–Kier alpha value is -3.25. The predicted octanol–water partition coefficient (Wildman–Crippen LogP) is 3.47. The van der Waals surface area contributed by atoms with Crippen molar-refractivity contribution in [2.75, 3.05) is 13.7 Å². The normalized spacial score (nSPS) is 11.3. The molecule has 6 heteroatoms. The summed E-state index contributed by atoms with van der Waals surface area (Å²) in [7, 11) is 1.55. The van der Waals surface area contributed by atoms with Gasteiger partial charge in [0.25, 0.3) is 0 Å². The monoisotopic (exact) mass is 351 g/mol. The molecule has 0 saturated heterocycles. The molecule has 2 aromatic carbocycles. The van der Waals surface area contributed by atoms with Gasteiger partial charge in [-0.1, -0.05) is 12.1 Å². The minimum atomic E-state index is -0.670. The number of benzene rings is 2. The van der Waals surface area contributed by atoms with Gasteiger partial charge in [-0.2, -0.15) is 0 Å². The molecule has 0 aliphatic carbocycles. The fourth-order valence-electron chi connectivity index (χ4n) is 2.47. The zero-order chi connectivity index (χ0) is 18.5. The van der Waals surface area contributed by atoms with Crippen LogP contribution in [0.25, 0.3) is 11.0 Å². The van der Waals surface area contributed by atoms with Gasteiger partial charge < -0.3 is 14.3 Å². The number of rotatable bonds is 6. The summed E-state index contributed by atoms with van der Waals surface area (Å²) in [6.07, 6.45) is 1.57. The number of hydrogen-bond acceptors (Lipinski definition) is 6. The minimum Gasteiger partial charge on any atom is -0.506 e. The van der Waals surface area contributed by atoms with Crippen molar-refractivity contribution in [1.29, 1.82) is 0 Å². The van der Waals surface area contributed by atoms with Gasteiger partial charge >= 0.3 is 5.63 Å². The molecule has 0 radical (unpaired) electrons. The van der Waals surface area contributed by atoms with Crippen molar-refractivity contribution in [2.24, 2.45) is 4.99 Å². The maximum Gasteiger partial charge on any atom is 0.348 e. The average molecular weight is 351 g/mol. The summed E-state index contributed by atoms with van der Waals surface area (Å²) in [4.78, 5) is 28.1. The van der Waals surface area contributed by atoms with Crippen LogP contribution in [0, 0.1) is 0 Å². The summed E-state index contributed by atoms with van der Waals surface area (Å²) in [6.45, 7) is 0.371. The molecular formula is C20H17NO5. The highest BCUT2D eigenvalue weighted by Crippen LogP contribution is 2.25. The van der Waals surface area contributed by atoms with Gasteiger partial charge in [-0.05, 0) is 36.4 Å². The van der Waals surface area contributed by atoms with Crippen LogP contribution < -0.4 is 5.63 Å². The van der Waals surface area contributed by atoms with Crippen LogP contribution in [0.15, 0.2) is 62.7 Å². The molecule has 1 heterocycles. The van der Waals surface area contributed by atoms with E-state index in [2.05, 4.69) is 4.99 Å². The molecule has 1 N–H and O–H groups in total. The third kappa shape index (κ3) is 3.70. The summed E-state index contributed by atoms with van der Waals surface area (Å²) < 4.78 is 10.1. The van der Waals surface area contributed by atoms with Gasteiger partial charge in [-0.15, -0.1) is 0 Å². The summed E-state index contributed by atoms with van der Waals surface area (Å²) in [5.74, 6) is -0.192. The van der Waals surface area contributed by atoms with Crippen molar-refractivity contribution in [1.82, 2.24) is 0 Å². The molecule has 0 atom stereocenters. The summed E-state index contributed by atoms with van der Waals surface area (Å²) >= 11 is 0. The number of para-hydroxylation sites is 1. The maximum atomic E-state index is 12.0. The first kappa shape index (κ1) is 17.6. The number of hydrogen-bond donors (Lipinski definition) is 1. The van der Waals surface area contributed by atoms with Crippen LogP contribution in [0.5, 0.6) is 5.75 Å². The zero-order valence-electron chi connectivity index (χ0n) is 14.1. The summed E-state index contributed by atoms with van der Waals surface area (Å²) in [6, 6.07) is 13.4. The van der Waals surface area contributed by atoms with E-state index in [0.29, 0.717) is 35.2 Å². The van der Waals surface area contributed by atoms with E-state index >= 15 is 0 Å². The number of nitrogens with zero attached hydrogens (tertiary/aromatic N) is 1. The second kappa shape index (κ2) is 7.76. The standard InChI is InChI=1S/C20H17NO5/c1-25-11-10-17(22)13-6-8-14(9-7-13)21-12-16-19(23)15-4-2-3-5-18(15)26-20(16)24/h2-9,12,23H,10-11H2,1H3. The third-order valence-corrected chi connectivity index (χ3v) is 3.89. The number of Topliss-reactive ketones (excluding diaryl/α,β-unsaturated/α-hetero) is 1.